The Morgan fingerprint density at radius 1 is 1.00 bits per heavy atom. The molecule has 19 heavy (non-hydrogen) atoms. The largest absolute Gasteiger partial charge is 0.356 e. The third-order valence-electron chi connectivity index (χ3n) is 5.46. The number of amides is 1. The Labute approximate surface area is 117 Å². The monoisotopic (exact) mass is 263 g/mol. The highest BCUT2D eigenvalue weighted by Crippen LogP contribution is 2.50. The van der Waals surface area contributed by atoms with Crippen molar-refractivity contribution in [2.24, 2.45) is 23.7 Å². The lowest BCUT2D eigenvalue weighted by atomic mass is 9.94. The summed E-state index contributed by atoms with van der Waals surface area (Å²) in [5, 5.41) is 3.16. The van der Waals surface area contributed by atoms with Gasteiger partial charge in [-0.25, -0.2) is 0 Å². The summed E-state index contributed by atoms with van der Waals surface area (Å²) in [4.78, 5) is 12.0. The van der Waals surface area contributed by atoms with Gasteiger partial charge in [0.1, 0.15) is 0 Å². The van der Waals surface area contributed by atoms with Crippen molar-refractivity contribution in [1.82, 2.24) is 5.32 Å². The number of rotatable bonds is 8. The molecule has 3 fully saturated rings. The van der Waals surface area contributed by atoms with Crippen LogP contribution in [0.5, 0.6) is 0 Å². The summed E-state index contributed by atoms with van der Waals surface area (Å²) in [7, 11) is 0. The molecule has 3 saturated carbocycles. The fourth-order valence-electron chi connectivity index (χ4n) is 3.97. The molecule has 3 aliphatic carbocycles. The molecule has 2 heteroatoms. The average molecular weight is 263 g/mol. The van der Waals surface area contributed by atoms with Crippen LogP contribution in [0.15, 0.2) is 0 Å². The van der Waals surface area contributed by atoms with Gasteiger partial charge in [0.15, 0.2) is 0 Å². The van der Waals surface area contributed by atoms with Crippen LogP contribution in [-0.4, -0.2) is 12.5 Å². The molecule has 1 amide bonds. The minimum Gasteiger partial charge on any atom is -0.356 e. The van der Waals surface area contributed by atoms with Crippen LogP contribution in [0.4, 0.5) is 0 Å². The first-order chi connectivity index (χ1) is 9.33. The molecule has 0 unspecified atom stereocenters. The van der Waals surface area contributed by atoms with E-state index in [1.165, 1.54) is 64.2 Å². The molecule has 0 aromatic carbocycles. The van der Waals surface area contributed by atoms with Gasteiger partial charge >= 0.3 is 0 Å². The second kappa shape index (κ2) is 6.28. The topological polar surface area (TPSA) is 29.1 Å². The Hall–Kier alpha value is -0.530. The standard InChI is InChI=1S/C17H29NO/c19-17(12-16(14-7-8-14)15-9-10-15)18-11-3-6-13-4-1-2-5-13/h13-16H,1-12H2,(H,18,19). The van der Waals surface area contributed by atoms with E-state index in [1.54, 1.807) is 0 Å². The third-order valence-corrected chi connectivity index (χ3v) is 5.46. The van der Waals surface area contributed by atoms with E-state index in [0.29, 0.717) is 5.91 Å². The van der Waals surface area contributed by atoms with E-state index in [9.17, 15) is 4.79 Å². The molecule has 1 N–H and O–H groups in total. The predicted octanol–water partition coefficient (Wildman–Crippen LogP) is 3.90. The van der Waals surface area contributed by atoms with E-state index in [1.807, 2.05) is 0 Å². The predicted molar refractivity (Wildman–Crippen MR) is 77.8 cm³/mol. The first-order valence-corrected chi connectivity index (χ1v) is 8.59. The van der Waals surface area contributed by atoms with Crippen LogP contribution in [0.2, 0.25) is 0 Å². The Bertz CT molecular complexity index is 288. The average Bonchev–Trinajstić information content (AvgIpc) is 3.32. The van der Waals surface area contributed by atoms with E-state index in [4.69, 9.17) is 0 Å². The molecule has 3 aliphatic rings. The van der Waals surface area contributed by atoms with Crippen molar-refractivity contribution in [3.63, 3.8) is 0 Å². The number of carbonyl (C=O) groups is 1. The molecule has 0 atom stereocenters. The Balaban J connectivity index is 1.27. The Morgan fingerprint density at radius 2 is 1.63 bits per heavy atom. The molecular weight excluding hydrogens is 234 g/mol. The number of hydrogen-bond donors (Lipinski definition) is 1. The van der Waals surface area contributed by atoms with Crippen LogP contribution < -0.4 is 5.32 Å². The van der Waals surface area contributed by atoms with Crippen LogP contribution in [0, 0.1) is 23.7 Å². The fourth-order valence-corrected chi connectivity index (χ4v) is 3.97. The van der Waals surface area contributed by atoms with Crippen molar-refractivity contribution in [3.05, 3.63) is 0 Å². The molecule has 0 saturated heterocycles. The molecule has 0 heterocycles. The quantitative estimate of drug-likeness (QED) is 0.661. The third kappa shape index (κ3) is 4.22. The first kappa shape index (κ1) is 13.5. The molecule has 0 bridgehead atoms. The van der Waals surface area contributed by atoms with E-state index < -0.39 is 0 Å². The van der Waals surface area contributed by atoms with Gasteiger partial charge in [-0.3, -0.25) is 4.79 Å². The van der Waals surface area contributed by atoms with Gasteiger partial charge in [0.25, 0.3) is 0 Å². The van der Waals surface area contributed by atoms with Crippen LogP contribution in [0.1, 0.15) is 70.6 Å². The molecule has 0 radical (unpaired) electrons. The SMILES string of the molecule is O=C(CC(C1CC1)C1CC1)NCCCC1CCCC1. The second-order valence-electron chi connectivity index (χ2n) is 7.19. The maximum absolute atomic E-state index is 12.0. The van der Waals surface area contributed by atoms with Gasteiger partial charge in [-0.2, -0.15) is 0 Å². The van der Waals surface area contributed by atoms with Crippen LogP contribution in [0.3, 0.4) is 0 Å². The molecular formula is C17H29NO. The summed E-state index contributed by atoms with van der Waals surface area (Å²) in [5.74, 6) is 3.82. The molecule has 2 nitrogen and oxygen atoms in total. The maximum atomic E-state index is 12.0. The molecule has 3 rings (SSSR count). The van der Waals surface area contributed by atoms with Crippen molar-refractivity contribution in [1.29, 1.82) is 0 Å². The zero-order chi connectivity index (χ0) is 13.1. The first-order valence-electron chi connectivity index (χ1n) is 8.59. The summed E-state index contributed by atoms with van der Waals surface area (Å²) >= 11 is 0. The van der Waals surface area contributed by atoms with E-state index in [0.717, 1.165) is 36.6 Å². The van der Waals surface area contributed by atoms with Crippen molar-refractivity contribution in [3.8, 4) is 0 Å². The van der Waals surface area contributed by atoms with Crippen molar-refractivity contribution < 1.29 is 4.79 Å². The van der Waals surface area contributed by atoms with Gasteiger partial charge < -0.3 is 5.32 Å². The van der Waals surface area contributed by atoms with Gasteiger partial charge in [-0.05, 0) is 62.2 Å². The number of nitrogens with one attached hydrogen (secondary N) is 1. The fraction of sp³-hybridized carbons (Fsp3) is 0.941. The van der Waals surface area contributed by atoms with Crippen LogP contribution >= 0.6 is 0 Å². The second-order valence-corrected chi connectivity index (χ2v) is 7.19. The summed E-state index contributed by atoms with van der Waals surface area (Å²) in [6.07, 6.45) is 14.6. The smallest absolute Gasteiger partial charge is 0.220 e. The van der Waals surface area contributed by atoms with Gasteiger partial charge in [0.2, 0.25) is 5.91 Å². The highest BCUT2D eigenvalue weighted by molar-refractivity contribution is 5.76. The van der Waals surface area contributed by atoms with Crippen LogP contribution in [-0.2, 0) is 4.79 Å². The van der Waals surface area contributed by atoms with Gasteiger partial charge in [-0.1, -0.05) is 25.7 Å². The zero-order valence-corrected chi connectivity index (χ0v) is 12.2. The lowest BCUT2D eigenvalue weighted by molar-refractivity contribution is -0.122. The molecule has 0 aliphatic heterocycles. The van der Waals surface area contributed by atoms with E-state index in [-0.39, 0.29) is 0 Å². The van der Waals surface area contributed by atoms with Crippen molar-refractivity contribution in [2.75, 3.05) is 6.54 Å². The van der Waals surface area contributed by atoms with E-state index >= 15 is 0 Å². The molecule has 0 spiro atoms. The van der Waals surface area contributed by atoms with Gasteiger partial charge in [0.05, 0.1) is 0 Å². The van der Waals surface area contributed by atoms with Gasteiger partial charge in [-0.15, -0.1) is 0 Å². The summed E-state index contributed by atoms with van der Waals surface area (Å²) in [5.41, 5.74) is 0. The normalized spacial score (nSPS) is 24.1. The molecule has 0 aromatic rings. The highest BCUT2D eigenvalue weighted by Gasteiger charge is 2.42. The highest BCUT2D eigenvalue weighted by atomic mass is 16.1. The Kier molecular flexibility index (Phi) is 4.45. The summed E-state index contributed by atoms with van der Waals surface area (Å²) in [6.45, 7) is 0.914. The minimum atomic E-state index is 0.329. The Morgan fingerprint density at radius 3 is 2.21 bits per heavy atom. The minimum absolute atomic E-state index is 0.329. The lowest BCUT2D eigenvalue weighted by Crippen LogP contribution is -2.28. The summed E-state index contributed by atoms with van der Waals surface area (Å²) < 4.78 is 0. The van der Waals surface area contributed by atoms with Gasteiger partial charge in [0, 0.05) is 13.0 Å². The van der Waals surface area contributed by atoms with Crippen molar-refractivity contribution in [2.45, 2.75) is 70.6 Å². The summed E-state index contributed by atoms with van der Waals surface area (Å²) in [6, 6.07) is 0. The number of carbonyl (C=O) groups excluding carboxylic acids is 1. The number of hydrogen-bond acceptors (Lipinski definition) is 1. The van der Waals surface area contributed by atoms with Crippen LogP contribution in [0.25, 0.3) is 0 Å². The molecule has 108 valence electrons. The van der Waals surface area contributed by atoms with Crippen molar-refractivity contribution >= 4 is 5.91 Å². The van der Waals surface area contributed by atoms with E-state index in [2.05, 4.69) is 5.32 Å². The maximum Gasteiger partial charge on any atom is 0.220 e. The molecule has 0 aromatic heterocycles. The zero-order valence-electron chi connectivity index (χ0n) is 12.2. The lowest BCUT2D eigenvalue weighted by Gasteiger charge is -2.15.